The molecule has 1 N–H and O–H groups in total. The number of amides is 2. The fourth-order valence-electron chi connectivity index (χ4n) is 4.61. The molecule has 2 atom stereocenters. The van der Waals surface area contributed by atoms with Crippen LogP contribution in [0, 0.1) is 5.92 Å². The number of anilines is 2. The van der Waals surface area contributed by atoms with Crippen molar-refractivity contribution in [2.24, 2.45) is 5.92 Å². The van der Waals surface area contributed by atoms with E-state index in [4.69, 9.17) is 30.5 Å². The van der Waals surface area contributed by atoms with Crippen LogP contribution in [-0.2, 0) is 9.59 Å². The minimum atomic E-state index is -0.594. The van der Waals surface area contributed by atoms with E-state index in [1.165, 1.54) is 7.11 Å². The number of hydrogen-bond acceptors (Lipinski definition) is 6. The molecule has 3 aromatic rings. The van der Waals surface area contributed by atoms with Crippen LogP contribution in [0.15, 0.2) is 60.7 Å². The fraction of sp³-hybridized carbons (Fsp3) is 0.286. The van der Waals surface area contributed by atoms with Crippen LogP contribution in [0.4, 0.5) is 11.4 Å². The molecule has 0 bridgehead atoms. The van der Waals surface area contributed by atoms with Gasteiger partial charge in [0.1, 0.15) is 11.5 Å². The number of carbonyl (C=O) groups excluding carboxylic acids is 2. The quantitative estimate of drug-likeness (QED) is 0.419. The summed E-state index contributed by atoms with van der Waals surface area (Å²) >= 11 is 6.27. The molecule has 1 aliphatic heterocycles. The maximum absolute atomic E-state index is 13.7. The molecule has 4 rings (SSSR count). The minimum Gasteiger partial charge on any atom is -0.497 e. The lowest BCUT2D eigenvalue weighted by Crippen LogP contribution is -2.47. The lowest BCUT2D eigenvalue weighted by atomic mass is 9.83. The van der Waals surface area contributed by atoms with Crippen molar-refractivity contribution in [2.45, 2.75) is 18.9 Å². The number of piperidine rings is 1. The van der Waals surface area contributed by atoms with Crippen molar-refractivity contribution in [3.8, 4) is 23.0 Å². The number of halogens is 1. The molecule has 1 fully saturated rings. The third-order valence-corrected chi connectivity index (χ3v) is 6.75. The summed E-state index contributed by atoms with van der Waals surface area (Å²) in [7, 11) is 6.22. The number of nitrogens with zero attached hydrogens (tertiary/aromatic N) is 1. The molecule has 194 valence electrons. The largest absolute Gasteiger partial charge is 0.497 e. The van der Waals surface area contributed by atoms with Gasteiger partial charge in [0, 0.05) is 17.8 Å². The summed E-state index contributed by atoms with van der Waals surface area (Å²) in [6.07, 6.45) is 0.595. The molecule has 0 radical (unpaired) electrons. The number of ether oxygens (including phenoxy) is 4. The zero-order chi connectivity index (χ0) is 26.5. The number of nitrogens with one attached hydrogen (secondary N) is 1. The maximum Gasteiger partial charge on any atom is 0.229 e. The van der Waals surface area contributed by atoms with Gasteiger partial charge < -0.3 is 29.2 Å². The topological polar surface area (TPSA) is 86.3 Å². The first kappa shape index (κ1) is 26.2. The van der Waals surface area contributed by atoms with Gasteiger partial charge in [-0.3, -0.25) is 9.59 Å². The second-order valence-electron chi connectivity index (χ2n) is 8.50. The zero-order valence-corrected chi connectivity index (χ0v) is 21.9. The van der Waals surface area contributed by atoms with Gasteiger partial charge in [0.2, 0.25) is 11.8 Å². The molecule has 0 aliphatic carbocycles. The van der Waals surface area contributed by atoms with Crippen LogP contribution in [0.2, 0.25) is 5.02 Å². The molecule has 0 aromatic heterocycles. The Morgan fingerprint density at radius 1 is 0.865 bits per heavy atom. The van der Waals surface area contributed by atoms with Gasteiger partial charge in [-0.25, -0.2) is 0 Å². The van der Waals surface area contributed by atoms with E-state index in [0.717, 1.165) is 5.56 Å². The van der Waals surface area contributed by atoms with Gasteiger partial charge >= 0.3 is 0 Å². The van der Waals surface area contributed by atoms with Crippen LogP contribution in [0.25, 0.3) is 0 Å². The normalized spacial score (nSPS) is 17.2. The van der Waals surface area contributed by atoms with E-state index in [2.05, 4.69) is 5.32 Å². The summed E-state index contributed by atoms with van der Waals surface area (Å²) in [6, 6.07) is 17.1. The van der Waals surface area contributed by atoms with E-state index in [1.807, 2.05) is 24.3 Å². The first-order valence-corrected chi connectivity index (χ1v) is 12.1. The molecule has 3 aromatic carbocycles. The summed E-state index contributed by atoms with van der Waals surface area (Å²) in [5.74, 6) is 1.37. The van der Waals surface area contributed by atoms with Crippen LogP contribution in [0.3, 0.4) is 0 Å². The van der Waals surface area contributed by atoms with Gasteiger partial charge in [0.05, 0.1) is 45.4 Å². The van der Waals surface area contributed by atoms with E-state index in [9.17, 15) is 9.59 Å². The molecule has 37 heavy (non-hydrogen) atoms. The Morgan fingerprint density at radius 2 is 1.54 bits per heavy atom. The number of carbonyl (C=O) groups is 2. The highest BCUT2D eigenvalue weighted by molar-refractivity contribution is 6.32. The number of rotatable bonds is 8. The molecular formula is C28H29ClN2O6. The van der Waals surface area contributed by atoms with E-state index < -0.39 is 12.0 Å². The van der Waals surface area contributed by atoms with Gasteiger partial charge in [-0.2, -0.15) is 0 Å². The Bertz CT molecular complexity index is 1280. The Kier molecular flexibility index (Phi) is 8.08. The van der Waals surface area contributed by atoms with Gasteiger partial charge in [-0.1, -0.05) is 17.7 Å². The summed E-state index contributed by atoms with van der Waals surface area (Å²) in [6.45, 7) is 0. The summed E-state index contributed by atoms with van der Waals surface area (Å²) in [4.78, 5) is 28.7. The Morgan fingerprint density at radius 3 is 2.16 bits per heavy atom. The number of hydrogen-bond donors (Lipinski definition) is 1. The first-order chi connectivity index (χ1) is 17.9. The van der Waals surface area contributed by atoms with Crippen molar-refractivity contribution in [3.05, 3.63) is 71.2 Å². The molecule has 1 heterocycles. The van der Waals surface area contributed by atoms with Crippen LogP contribution in [0.1, 0.15) is 24.4 Å². The summed E-state index contributed by atoms with van der Waals surface area (Å²) in [5.41, 5.74) is 1.94. The van der Waals surface area contributed by atoms with E-state index in [-0.39, 0.29) is 18.2 Å². The van der Waals surface area contributed by atoms with Crippen molar-refractivity contribution in [1.82, 2.24) is 0 Å². The van der Waals surface area contributed by atoms with Crippen LogP contribution in [-0.4, -0.2) is 40.3 Å². The standard InChI is InChI=1S/C28H29ClN2O6/c1-34-20-9-7-19(8-10-20)31-26(32)14-11-21(27(31)17-5-12-24(36-3)25(15-17)37-4)28(33)30-18-6-13-23(35-2)22(29)16-18/h5-10,12-13,15-16,21,27H,11,14H2,1-4H3,(H,30,33)/t21-,27-/m0/s1. The molecule has 0 spiro atoms. The second kappa shape index (κ2) is 11.4. The lowest BCUT2D eigenvalue weighted by Gasteiger charge is -2.41. The zero-order valence-electron chi connectivity index (χ0n) is 21.1. The molecule has 1 aliphatic rings. The average molecular weight is 525 g/mol. The highest BCUT2D eigenvalue weighted by Crippen LogP contribution is 2.43. The van der Waals surface area contributed by atoms with Gasteiger partial charge in [0.25, 0.3) is 0 Å². The smallest absolute Gasteiger partial charge is 0.229 e. The maximum atomic E-state index is 13.7. The number of methoxy groups -OCH3 is 4. The average Bonchev–Trinajstić information content (AvgIpc) is 2.92. The van der Waals surface area contributed by atoms with Crippen LogP contribution < -0.4 is 29.2 Å². The van der Waals surface area contributed by atoms with E-state index >= 15 is 0 Å². The van der Waals surface area contributed by atoms with Crippen molar-refractivity contribution in [3.63, 3.8) is 0 Å². The molecule has 1 saturated heterocycles. The lowest BCUT2D eigenvalue weighted by molar-refractivity contribution is -0.125. The van der Waals surface area contributed by atoms with Gasteiger partial charge in [-0.15, -0.1) is 0 Å². The summed E-state index contributed by atoms with van der Waals surface area (Å²) in [5, 5.41) is 3.35. The Hall–Kier alpha value is -3.91. The number of benzene rings is 3. The molecule has 0 saturated carbocycles. The molecule has 2 amide bonds. The third-order valence-electron chi connectivity index (χ3n) is 6.45. The van der Waals surface area contributed by atoms with E-state index in [0.29, 0.717) is 45.8 Å². The third kappa shape index (κ3) is 5.44. The van der Waals surface area contributed by atoms with E-state index in [1.54, 1.807) is 62.6 Å². The molecular weight excluding hydrogens is 496 g/mol. The Labute approximate surface area is 221 Å². The van der Waals surface area contributed by atoms with Crippen molar-refractivity contribution >= 4 is 34.8 Å². The SMILES string of the molecule is COc1ccc(N2C(=O)CC[C@H](C(=O)Nc3ccc(OC)c(Cl)c3)[C@@H]2c2ccc(OC)c(OC)c2)cc1. The predicted molar refractivity (Wildman–Crippen MR) is 142 cm³/mol. The molecule has 8 nitrogen and oxygen atoms in total. The highest BCUT2D eigenvalue weighted by Gasteiger charge is 2.42. The van der Waals surface area contributed by atoms with Crippen LogP contribution >= 0.6 is 11.6 Å². The minimum absolute atomic E-state index is 0.0820. The van der Waals surface area contributed by atoms with Crippen molar-refractivity contribution < 1.29 is 28.5 Å². The van der Waals surface area contributed by atoms with Crippen molar-refractivity contribution in [1.29, 1.82) is 0 Å². The van der Waals surface area contributed by atoms with Gasteiger partial charge in [-0.05, 0) is 66.6 Å². The monoisotopic (exact) mass is 524 g/mol. The fourth-order valence-corrected chi connectivity index (χ4v) is 4.87. The molecule has 0 unspecified atom stereocenters. The van der Waals surface area contributed by atoms with Crippen LogP contribution in [0.5, 0.6) is 23.0 Å². The van der Waals surface area contributed by atoms with Gasteiger partial charge in [0.15, 0.2) is 11.5 Å². The van der Waals surface area contributed by atoms with Crippen molar-refractivity contribution in [2.75, 3.05) is 38.7 Å². The Balaban J connectivity index is 1.76. The predicted octanol–water partition coefficient (Wildman–Crippen LogP) is 5.50. The summed E-state index contributed by atoms with van der Waals surface area (Å²) < 4.78 is 21.4. The second-order valence-corrected chi connectivity index (χ2v) is 8.91. The first-order valence-electron chi connectivity index (χ1n) is 11.7. The highest BCUT2D eigenvalue weighted by atomic mass is 35.5. The molecule has 9 heteroatoms.